The zero-order valence-electron chi connectivity index (χ0n) is 9.44. The van der Waals surface area contributed by atoms with E-state index in [1.54, 1.807) is 0 Å². The molecule has 0 spiro atoms. The maximum Gasteiger partial charge on any atom is 0.306 e. The number of nitrogens with two attached hydrogens (primary N) is 1. The molecule has 0 heterocycles. The molecule has 0 fully saturated rings. The summed E-state index contributed by atoms with van der Waals surface area (Å²) in [5, 5.41) is 0. The van der Waals surface area contributed by atoms with Gasteiger partial charge in [-0.25, -0.2) is 0 Å². The lowest BCUT2D eigenvalue weighted by atomic mass is 10.2. The van der Waals surface area contributed by atoms with Crippen LogP contribution < -0.4 is 5.73 Å². The molecular weight excluding hydrogens is 230 g/mol. The molecule has 4 nitrogen and oxygen atoms in total. The Morgan fingerprint density at radius 1 is 1.25 bits per heavy atom. The maximum atomic E-state index is 11.1. The number of ether oxygens (including phenoxy) is 1. The minimum Gasteiger partial charge on any atom is -0.466 e. The van der Waals surface area contributed by atoms with Gasteiger partial charge in [-0.15, -0.1) is 19.0 Å². The van der Waals surface area contributed by atoms with Crippen molar-refractivity contribution in [3.8, 4) is 0 Å². The summed E-state index contributed by atoms with van der Waals surface area (Å²) in [6, 6.07) is 0. The van der Waals surface area contributed by atoms with Crippen LogP contribution in [-0.4, -0.2) is 24.9 Å². The van der Waals surface area contributed by atoms with Crippen LogP contribution in [0.25, 0.3) is 0 Å². The van der Waals surface area contributed by atoms with Gasteiger partial charge in [-0.2, -0.15) is 0 Å². The van der Waals surface area contributed by atoms with E-state index in [2.05, 4.69) is 6.58 Å². The summed E-state index contributed by atoms with van der Waals surface area (Å²) in [6.07, 6.45) is 4.89. The summed E-state index contributed by atoms with van der Waals surface area (Å²) in [4.78, 5) is 21.8. The van der Waals surface area contributed by atoms with Gasteiger partial charge in [0.05, 0.1) is 19.6 Å². The molecule has 0 aromatic carbocycles. The lowest BCUT2D eigenvalue weighted by Gasteiger charge is -2.03. The molecule has 2 N–H and O–H groups in total. The molecule has 0 aromatic rings. The largest absolute Gasteiger partial charge is 0.466 e. The van der Waals surface area contributed by atoms with Crippen LogP contribution in [0.2, 0.25) is 0 Å². The third-order valence-electron chi connectivity index (χ3n) is 1.90. The summed E-state index contributed by atoms with van der Waals surface area (Å²) in [5.41, 5.74) is 5.10. The van der Waals surface area contributed by atoms with Gasteiger partial charge in [0.15, 0.2) is 0 Å². The SMILES string of the molecule is C=CCCCCOC(=O)CCC(=O)CN.Cl. The number of carbonyl (C=O) groups excluding carboxylic acids is 2. The Morgan fingerprint density at radius 2 is 1.94 bits per heavy atom. The summed E-state index contributed by atoms with van der Waals surface area (Å²) < 4.78 is 4.92. The van der Waals surface area contributed by atoms with Gasteiger partial charge in [0.25, 0.3) is 0 Å². The van der Waals surface area contributed by atoms with Crippen LogP contribution in [0.1, 0.15) is 32.1 Å². The standard InChI is InChI=1S/C11H19NO3.ClH/c1-2-3-4-5-8-15-11(14)7-6-10(13)9-12;/h2H,1,3-9,12H2;1H. The average molecular weight is 250 g/mol. The number of carbonyl (C=O) groups is 2. The Morgan fingerprint density at radius 3 is 2.50 bits per heavy atom. The minimum atomic E-state index is -0.324. The van der Waals surface area contributed by atoms with Gasteiger partial charge in [-0.3, -0.25) is 9.59 Å². The number of ketones is 1. The first-order valence-corrected chi connectivity index (χ1v) is 5.19. The van der Waals surface area contributed by atoms with Gasteiger partial charge in [0, 0.05) is 6.42 Å². The molecule has 0 atom stereocenters. The van der Waals surface area contributed by atoms with Crippen LogP contribution in [0.3, 0.4) is 0 Å². The van der Waals surface area contributed by atoms with Gasteiger partial charge in [0.2, 0.25) is 0 Å². The van der Waals surface area contributed by atoms with E-state index in [0.717, 1.165) is 19.3 Å². The predicted molar refractivity (Wildman–Crippen MR) is 65.6 cm³/mol. The Labute approximate surface area is 103 Å². The highest BCUT2D eigenvalue weighted by Gasteiger charge is 2.05. The molecule has 0 radical (unpaired) electrons. The molecule has 0 aliphatic carbocycles. The van der Waals surface area contributed by atoms with Crippen LogP contribution in [0.15, 0.2) is 12.7 Å². The van der Waals surface area contributed by atoms with E-state index in [1.165, 1.54) is 0 Å². The number of hydrogen-bond acceptors (Lipinski definition) is 4. The van der Waals surface area contributed by atoms with Gasteiger partial charge in [-0.05, 0) is 19.3 Å². The van der Waals surface area contributed by atoms with E-state index in [0.29, 0.717) is 6.61 Å². The predicted octanol–water partition coefficient (Wildman–Crippen LogP) is 1.62. The van der Waals surface area contributed by atoms with Crippen LogP contribution >= 0.6 is 12.4 Å². The monoisotopic (exact) mass is 249 g/mol. The molecule has 5 heteroatoms. The van der Waals surface area contributed by atoms with Crippen molar-refractivity contribution in [2.45, 2.75) is 32.1 Å². The fourth-order valence-electron chi connectivity index (χ4n) is 0.992. The van der Waals surface area contributed by atoms with E-state index in [4.69, 9.17) is 10.5 Å². The molecule has 0 saturated carbocycles. The van der Waals surface area contributed by atoms with Crippen LogP contribution in [-0.2, 0) is 14.3 Å². The molecule has 0 aliphatic heterocycles. The molecule has 0 aliphatic rings. The lowest BCUT2D eigenvalue weighted by molar-refractivity contribution is -0.144. The maximum absolute atomic E-state index is 11.1. The molecule has 0 amide bonds. The second kappa shape index (κ2) is 12.2. The van der Waals surface area contributed by atoms with Crippen molar-refractivity contribution >= 4 is 24.2 Å². The highest BCUT2D eigenvalue weighted by Crippen LogP contribution is 1.99. The fraction of sp³-hybridized carbons (Fsp3) is 0.636. The Balaban J connectivity index is 0. The highest BCUT2D eigenvalue weighted by molar-refractivity contribution is 5.85. The van der Waals surface area contributed by atoms with Gasteiger partial charge >= 0.3 is 5.97 Å². The molecule has 16 heavy (non-hydrogen) atoms. The first-order valence-electron chi connectivity index (χ1n) is 5.19. The van der Waals surface area contributed by atoms with Gasteiger partial charge in [-0.1, -0.05) is 6.08 Å². The zero-order valence-corrected chi connectivity index (χ0v) is 10.3. The third-order valence-corrected chi connectivity index (χ3v) is 1.90. The molecule has 0 rings (SSSR count). The number of unbranched alkanes of at least 4 members (excludes halogenated alkanes) is 2. The topological polar surface area (TPSA) is 69.4 Å². The normalized spacial score (nSPS) is 9.06. The Hall–Kier alpha value is -0.870. The van der Waals surface area contributed by atoms with Crippen molar-refractivity contribution in [2.75, 3.05) is 13.2 Å². The van der Waals surface area contributed by atoms with E-state index in [-0.39, 0.29) is 43.5 Å². The molecule has 0 aromatic heterocycles. The van der Waals surface area contributed by atoms with Crippen LogP contribution in [0, 0.1) is 0 Å². The zero-order chi connectivity index (χ0) is 11.5. The number of halogens is 1. The second-order valence-electron chi connectivity index (χ2n) is 3.25. The Kier molecular flexibility index (Phi) is 13.4. The van der Waals surface area contributed by atoms with Crippen molar-refractivity contribution < 1.29 is 14.3 Å². The number of esters is 1. The molecule has 94 valence electrons. The first kappa shape index (κ1) is 17.5. The van der Waals surface area contributed by atoms with E-state index < -0.39 is 0 Å². The van der Waals surface area contributed by atoms with Gasteiger partial charge < -0.3 is 10.5 Å². The molecular formula is C11H20ClNO3. The number of Topliss-reactive ketones (excluding diaryl/α,β-unsaturated/α-hetero) is 1. The quantitative estimate of drug-likeness (QED) is 0.383. The van der Waals surface area contributed by atoms with E-state index in [1.807, 2.05) is 6.08 Å². The first-order chi connectivity index (χ1) is 7.20. The summed E-state index contributed by atoms with van der Waals surface area (Å²) in [5.74, 6) is -0.436. The third kappa shape index (κ3) is 11.2. The molecule has 0 saturated heterocycles. The van der Waals surface area contributed by atoms with Gasteiger partial charge in [0.1, 0.15) is 5.78 Å². The number of rotatable bonds is 9. The smallest absolute Gasteiger partial charge is 0.306 e. The van der Waals surface area contributed by atoms with Crippen molar-refractivity contribution in [3.63, 3.8) is 0 Å². The summed E-state index contributed by atoms with van der Waals surface area (Å²) >= 11 is 0. The Bertz CT molecular complexity index is 219. The summed E-state index contributed by atoms with van der Waals surface area (Å²) in [7, 11) is 0. The van der Waals surface area contributed by atoms with E-state index in [9.17, 15) is 9.59 Å². The number of allylic oxidation sites excluding steroid dienone is 1. The van der Waals surface area contributed by atoms with Crippen molar-refractivity contribution in [3.05, 3.63) is 12.7 Å². The molecule has 0 bridgehead atoms. The average Bonchev–Trinajstić information content (AvgIpc) is 2.25. The second-order valence-corrected chi connectivity index (χ2v) is 3.25. The summed E-state index contributed by atoms with van der Waals surface area (Å²) in [6.45, 7) is 4.01. The van der Waals surface area contributed by atoms with E-state index >= 15 is 0 Å². The minimum absolute atomic E-state index is 0. The molecule has 0 unspecified atom stereocenters. The highest BCUT2D eigenvalue weighted by atomic mass is 35.5. The van der Waals surface area contributed by atoms with Crippen molar-refractivity contribution in [1.82, 2.24) is 0 Å². The van der Waals surface area contributed by atoms with Crippen LogP contribution in [0.4, 0.5) is 0 Å². The van der Waals surface area contributed by atoms with Crippen LogP contribution in [0.5, 0.6) is 0 Å². The number of hydrogen-bond donors (Lipinski definition) is 1. The lowest BCUT2D eigenvalue weighted by Crippen LogP contribution is -2.15. The fourth-order valence-corrected chi connectivity index (χ4v) is 0.992. The van der Waals surface area contributed by atoms with Crippen molar-refractivity contribution in [2.24, 2.45) is 5.73 Å². The van der Waals surface area contributed by atoms with Crippen molar-refractivity contribution in [1.29, 1.82) is 0 Å².